The molecule has 2 aliphatic rings. The minimum atomic E-state index is 0.635. The van der Waals surface area contributed by atoms with Crippen LogP contribution in [-0.4, -0.2) is 0 Å². The second-order valence-corrected chi connectivity index (χ2v) is 5.71. The van der Waals surface area contributed by atoms with E-state index in [9.17, 15) is 0 Å². The van der Waals surface area contributed by atoms with Crippen molar-refractivity contribution in [1.82, 2.24) is 0 Å². The molecule has 0 nitrogen and oxygen atoms in total. The van der Waals surface area contributed by atoms with Crippen molar-refractivity contribution in [3.8, 4) is 0 Å². The van der Waals surface area contributed by atoms with Gasteiger partial charge in [0.05, 0.1) is 0 Å². The predicted octanol–water partition coefficient (Wildman–Crippen LogP) is 5.45. The average molecular weight is 242 g/mol. The van der Waals surface area contributed by atoms with Crippen LogP contribution >= 0.6 is 0 Å². The van der Waals surface area contributed by atoms with Crippen LogP contribution in [-0.2, 0) is 0 Å². The lowest BCUT2D eigenvalue weighted by Gasteiger charge is -2.20. The minimum absolute atomic E-state index is 0.635. The van der Waals surface area contributed by atoms with Crippen molar-refractivity contribution in [1.29, 1.82) is 0 Å². The van der Waals surface area contributed by atoms with Gasteiger partial charge in [-0.2, -0.15) is 0 Å². The van der Waals surface area contributed by atoms with E-state index in [4.69, 9.17) is 0 Å². The van der Waals surface area contributed by atoms with Crippen molar-refractivity contribution in [2.24, 2.45) is 17.8 Å². The predicted molar refractivity (Wildman–Crippen MR) is 80.4 cm³/mol. The molecular formula is C18H26. The van der Waals surface area contributed by atoms with Crippen LogP contribution in [0.2, 0.25) is 0 Å². The highest BCUT2D eigenvalue weighted by atomic mass is 14.3. The number of hydrogen-bond donors (Lipinski definition) is 0. The molecule has 0 heteroatoms. The van der Waals surface area contributed by atoms with Crippen LogP contribution in [0.4, 0.5) is 0 Å². The lowest BCUT2D eigenvalue weighted by molar-refractivity contribution is 0.473. The van der Waals surface area contributed by atoms with Gasteiger partial charge in [-0.1, -0.05) is 76.5 Å². The standard InChI is InChI=1S/C18H26/c1-4-6-8-15-11-12-16(13-15)18-10-7-9-17(18)14(3)5-2/h7,9-15,17H,4-6,8H2,1-3H3. The topological polar surface area (TPSA) is 0 Å². The quantitative estimate of drug-likeness (QED) is 0.581. The Bertz CT molecular complexity index is 392. The van der Waals surface area contributed by atoms with Crippen LogP contribution in [0.25, 0.3) is 0 Å². The molecule has 0 aromatic rings. The molecular weight excluding hydrogens is 216 g/mol. The molecule has 0 N–H and O–H groups in total. The Labute approximate surface area is 112 Å². The first kappa shape index (κ1) is 13.4. The summed E-state index contributed by atoms with van der Waals surface area (Å²) in [5.74, 6) is 2.06. The fourth-order valence-electron chi connectivity index (χ4n) is 2.91. The summed E-state index contributed by atoms with van der Waals surface area (Å²) in [6, 6.07) is 0. The van der Waals surface area contributed by atoms with Gasteiger partial charge in [-0.25, -0.2) is 0 Å². The van der Waals surface area contributed by atoms with E-state index >= 15 is 0 Å². The molecule has 3 unspecified atom stereocenters. The molecule has 18 heavy (non-hydrogen) atoms. The summed E-state index contributed by atoms with van der Waals surface area (Å²) >= 11 is 0. The zero-order valence-corrected chi connectivity index (χ0v) is 12.0. The third-order valence-corrected chi connectivity index (χ3v) is 4.35. The molecule has 0 aromatic carbocycles. The Morgan fingerprint density at radius 1 is 1.22 bits per heavy atom. The fourth-order valence-corrected chi connectivity index (χ4v) is 2.91. The number of hydrogen-bond acceptors (Lipinski definition) is 0. The van der Waals surface area contributed by atoms with Crippen molar-refractivity contribution in [3.05, 3.63) is 47.6 Å². The van der Waals surface area contributed by atoms with Crippen LogP contribution < -0.4 is 0 Å². The zero-order chi connectivity index (χ0) is 13.0. The van der Waals surface area contributed by atoms with Crippen molar-refractivity contribution in [3.63, 3.8) is 0 Å². The van der Waals surface area contributed by atoms with Gasteiger partial charge in [-0.15, -0.1) is 0 Å². The van der Waals surface area contributed by atoms with Gasteiger partial charge in [0.2, 0.25) is 0 Å². The van der Waals surface area contributed by atoms with Crippen molar-refractivity contribution >= 4 is 0 Å². The first-order chi connectivity index (χ1) is 8.76. The highest BCUT2D eigenvalue weighted by Gasteiger charge is 2.23. The minimum Gasteiger partial charge on any atom is -0.0770 e. The van der Waals surface area contributed by atoms with Crippen LogP contribution in [0.1, 0.15) is 46.5 Å². The maximum Gasteiger partial charge on any atom is 0.00524 e. The second-order valence-electron chi connectivity index (χ2n) is 5.71. The summed E-state index contributed by atoms with van der Waals surface area (Å²) in [4.78, 5) is 0. The molecule has 2 rings (SSSR count). The molecule has 0 aliphatic heterocycles. The maximum absolute atomic E-state index is 2.48. The Hall–Kier alpha value is -1.04. The third-order valence-electron chi connectivity index (χ3n) is 4.35. The van der Waals surface area contributed by atoms with E-state index in [1.807, 2.05) is 0 Å². The highest BCUT2D eigenvalue weighted by molar-refractivity contribution is 5.51. The van der Waals surface area contributed by atoms with Gasteiger partial charge in [-0.3, -0.25) is 0 Å². The van der Waals surface area contributed by atoms with Gasteiger partial charge in [0, 0.05) is 5.92 Å². The van der Waals surface area contributed by atoms with Crippen molar-refractivity contribution in [2.45, 2.75) is 46.5 Å². The van der Waals surface area contributed by atoms with Gasteiger partial charge in [0.1, 0.15) is 0 Å². The van der Waals surface area contributed by atoms with Gasteiger partial charge < -0.3 is 0 Å². The SMILES string of the molecule is CCCCC1C=CC(C2=CC=CC2C(C)CC)=C1. The van der Waals surface area contributed by atoms with Crippen molar-refractivity contribution < 1.29 is 0 Å². The Kier molecular flexibility index (Phi) is 4.63. The second kappa shape index (κ2) is 6.22. The zero-order valence-electron chi connectivity index (χ0n) is 12.0. The molecule has 0 radical (unpaired) electrons. The molecule has 0 spiro atoms. The first-order valence-corrected chi connectivity index (χ1v) is 7.55. The normalized spacial score (nSPS) is 27.5. The molecule has 0 saturated carbocycles. The van der Waals surface area contributed by atoms with Gasteiger partial charge in [0.15, 0.2) is 0 Å². The van der Waals surface area contributed by atoms with Crippen LogP contribution in [0.5, 0.6) is 0 Å². The molecule has 0 saturated heterocycles. The first-order valence-electron chi connectivity index (χ1n) is 7.55. The lowest BCUT2D eigenvalue weighted by Crippen LogP contribution is -2.10. The summed E-state index contributed by atoms with van der Waals surface area (Å²) in [6.45, 7) is 6.92. The molecule has 0 aromatic heterocycles. The van der Waals surface area contributed by atoms with E-state index in [1.54, 1.807) is 5.57 Å². The summed E-state index contributed by atoms with van der Waals surface area (Å²) in [5, 5.41) is 0. The van der Waals surface area contributed by atoms with E-state index < -0.39 is 0 Å². The highest BCUT2D eigenvalue weighted by Crippen LogP contribution is 2.37. The van der Waals surface area contributed by atoms with Crippen LogP contribution in [0.15, 0.2) is 47.6 Å². The maximum atomic E-state index is 2.48. The lowest BCUT2D eigenvalue weighted by atomic mass is 9.84. The molecule has 2 aliphatic carbocycles. The molecule has 0 amide bonds. The average Bonchev–Trinajstić information content (AvgIpc) is 3.03. The summed E-state index contributed by atoms with van der Waals surface area (Å²) in [7, 11) is 0. The summed E-state index contributed by atoms with van der Waals surface area (Å²) in [6.07, 6.45) is 19.3. The number of allylic oxidation sites excluding steroid dienone is 8. The largest absolute Gasteiger partial charge is 0.0770 e. The Morgan fingerprint density at radius 3 is 2.78 bits per heavy atom. The fraction of sp³-hybridized carbons (Fsp3) is 0.556. The molecule has 0 heterocycles. The van der Waals surface area contributed by atoms with E-state index in [0.717, 1.165) is 5.92 Å². The smallest absolute Gasteiger partial charge is 0.00524 e. The van der Waals surface area contributed by atoms with E-state index in [-0.39, 0.29) is 0 Å². The van der Waals surface area contributed by atoms with Crippen molar-refractivity contribution in [2.75, 3.05) is 0 Å². The van der Waals surface area contributed by atoms with Gasteiger partial charge in [0.25, 0.3) is 0 Å². The van der Waals surface area contributed by atoms with Crippen LogP contribution in [0, 0.1) is 17.8 Å². The molecule has 98 valence electrons. The van der Waals surface area contributed by atoms with Crippen LogP contribution in [0.3, 0.4) is 0 Å². The monoisotopic (exact) mass is 242 g/mol. The van der Waals surface area contributed by atoms with Gasteiger partial charge in [-0.05, 0) is 29.4 Å². The summed E-state index contributed by atoms with van der Waals surface area (Å²) < 4.78 is 0. The number of unbranched alkanes of at least 4 members (excludes halogenated alkanes) is 1. The van der Waals surface area contributed by atoms with E-state index in [1.165, 1.54) is 31.3 Å². The number of rotatable bonds is 6. The Morgan fingerprint density at radius 2 is 2.06 bits per heavy atom. The molecule has 0 bridgehead atoms. The third kappa shape index (κ3) is 2.85. The molecule has 3 atom stereocenters. The van der Waals surface area contributed by atoms with E-state index in [2.05, 4.69) is 57.2 Å². The Balaban J connectivity index is 2.03. The summed E-state index contributed by atoms with van der Waals surface area (Å²) in [5.41, 5.74) is 3.02. The van der Waals surface area contributed by atoms with Gasteiger partial charge >= 0.3 is 0 Å². The molecule has 0 fully saturated rings. The van der Waals surface area contributed by atoms with E-state index in [0.29, 0.717) is 11.8 Å².